The summed E-state index contributed by atoms with van der Waals surface area (Å²) in [6.45, 7) is 11.3. The van der Waals surface area contributed by atoms with Gasteiger partial charge in [0.2, 0.25) is 5.91 Å². The zero-order valence-electron chi connectivity index (χ0n) is 30.7. The first-order valence-electron chi connectivity index (χ1n) is 20.0. The van der Waals surface area contributed by atoms with Gasteiger partial charge in [0.25, 0.3) is 0 Å². The van der Waals surface area contributed by atoms with Crippen molar-refractivity contribution in [2.75, 3.05) is 39.4 Å². The third-order valence-electron chi connectivity index (χ3n) is 9.46. The Morgan fingerprint density at radius 2 is 0.689 bits per heavy atom. The van der Waals surface area contributed by atoms with Crippen molar-refractivity contribution >= 4 is 5.91 Å². The SMILES string of the molecule is C=C(CC(=O)N(CCO)CCCCCCCCCCCCCCCC)N(CCO)CCCCCCCCCCCCCCCC. The molecule has 0 rings (SSSR count). The fourth-order valence-electron chi connectivity index (χ4n) is 6.42. The molecule has 0 aliphatic rings. The van der Waals surface area contributed by atoms with E-state index in [2.05, 4.69) is 25.3 Å². The van der Waals surface area contributed by atoms with Gasteiger partial charge in [-0.05, 0) is 12.8 Å². The second kappa shape index (κ2) is 35.8. The van der Waals surface area contributed by atoms with E-state index < -0.39 is 0 Å². The van der Waals surface area contributed by atoms with Crippen molar-refractivity contribution in [2.24, 2.45) is 0 Å². The molecule has 0 aliphatic carbocycles. The van der Waals surface area contributed by atoms with Crippen LogP contribution in [0.5, 0.6) is 0 Å². The van der Waals surface area contributed by atoms with E-state index in [1.165, 1.54) is 161 Å². The highest BCUT2D eigenvalue weighted by Gasteiger charge is 2.17. The summed E-state index contributed by atoms with van der Waals surface area (Å²) in [4.78, 5) is 17.0. The third kappa shape index (κ3) is 30.0. The first kappa shape index (κ1) is 43.9. The van der Waals surface area contributed by atoms with E-state index in [1.807, 2.05) is 4.90 Å². The number of hydrogen-bond acceptors (Lipinski definition) is 4. The lowest BCUT2D eigenvalue weighted by molar-refractivity contribution is -0.131. The van der Waals surface area contributed by atoms with Gasteiger partial charge in [-0.2, -0.15) is 0 Å². The van der Waals surface area contributed by atoms with Gasteiger partial charge in [0.15, 0.2) is 0 Å². The number of aliphatic hydroxyl groups excluding tert-OH is 2. The zero-order valence-corrected chi connectivity index (χ0v) is 30.7. The van der Waals surface area contributed by atoms with Crippen molar-refractivity contribution < 1.29 is 15.0 Å². The second-order valence-corrected chi connectivity index (χ2v) is 13.8. The summed E-state index contributed by atoms with van der Waals surface area (Å²) in [7, 11) is 0. The van der Waals surface area contributed by atoms with Crippen LogP contribution in [0.3, 0.4) is 0 Å². The number of unbranched alkanes of at least 4 members (excludes halogenated alkanes) is 26. The lowest BCUT2D eigenvalue weighted by atomic mass is 10.0. The zero-order chi connectivity index (χ0) is 33.1. The van der Waals surface area contributed by atoms with Crippen LogP contribution in [0.1, 0.15) is 200 Å². The Hall–Kier alpha value is -1.07. The van der Waals surface area contributed by atoms with Crippen LogP contribution < -0.4 is 0 Å². The third-order valence-corrected chi connectivity index (χ3v) is 9.46. The molecule has 0 atom stereocenters. The Morgan fingerprint density at radius 3 is 1.00 bits per heavy atom. The number of hydrogen-bond donors (Lipinski definition) is 2. The van der Waals surface area contributed by atoms with Crippen molar-refractivity contribution in [3.8, 4) is 0 Å². The van der Waals surface area contributed by atoms with E-state index in [0.717, 1.165) is 31.5 Å². The van der Waals surface area contributed by atoms with E-state index >= 15 is 0 Å². The molecule has 5 heteroatoms. The first-order valence-corrected chi connectivity index (χ1v) is 20.0. The Kier molecular flexibility index (Phi) is 34.9. The smallest absolute Gasteiger partial charge is 0.228 e. The molecule has 0 saturated carbocycles. The summed E-state index contributed by atoms with van der Waals surface area (Å²) in [6.07, 6.45) is 37.5. The first-order chi connectivity index (χ1) is 22.1. The van der Waals surface area contributed by atoms with Gasteiger partial charge in [0.05, 0.1) is 19.6 Å². The molecule has 0 saturated heterocycles. The van der Waals surface area contributed by atoms with Crippen LogP contribution in [0.25, 0.3) is 0 Å². The van der Waals surface area contributed by atoms with Gasteiger partial charge in [-0.1, -0.05) is 187 Å². The van der Waals surface area contributed by atoms with Crippen LogP contribution in [-0.2, 0) is 4.79 Å². The average molecular weight is 637 g/mol. The largest absolute Gasteiger partial charge is 0.395 e. The number of carbonyl (C=O) groups excluding carboxylic acids is 1. The van der Waals surface area contributed by atoms with Crippen molar-refractivity contribution in [3.05, 3.63) is 12.3 Å². The summed E-state index contributed by atoms with van der Waals surface area (Å²) >= 11 is 0. The molecule has 0 unspecified atom stereocenters. The Balaban J connectivity index is 3.99. The van der Waals surface area contributed by atoms with Gasteiger partial charge in [-0.25, -0.2) is 0 Å². The predicted octanol–water partition coefficient (Wildman–Crippen LogP) is 11.0. The normalized spacial score (nSPS) is 11.3. The molecular weight excluding hydrogens is 556 g/mol. The molecule has 0 heterocycles. The monoisotopic (exact) mass is 637 g/mol. The summed E-state index contributed by atoms with van der Waals surface area (Å²) in [6, 6.07) is 0. The maximum absolute atomic E-state index is 13.1. The summed E-state index contributed by atoms with van der Waals surface area (Å²) in [5.74, 6) is 0.0487. The van der Waals surface area contributed by atoms with Gasteiger partial charge in [-0.3, -0.25) is 4.79 Å². The molecule has 45 heavy (non-hydrogen) atoms. The van der Waals surface area contributed by atoms with Gasteiger partial charge in [-0.15, -0.1) is 0 Å². The summed E-state index contributed by atoms with van der Waals surface area (Å²) < 4.78 is 0. The standard InChI is InChI=1S/C40H80N2O3/c1-4-6-8-10-12-14-16-18-20-22-24-26-28-30-32-41(34-36-43)39(3)38-40(45)42(35-37-44)33-31-29-27-25-23-21-19-17-15-13-11-9-7-5-2/h43-44H,3-38H2,1-2H3. The number of aliphatic hydroxyl groups is 2. The molecule has 0 spiro atoms. The minimum Gasteiger partial charge on any atom is -0.395 e. The maximum Gasteiger partial charge on any atom is 0.228 e. The van der Waals surface area contributed by atoms with Crippen LogP contribution >= 0.6 is 0 Å². The predicted molar refractivity (Wildman–Crippen MR) is 197 cm³/mol. The second-order valence-electron chi connectivity index (χ2n) is 13.8. The maximum atomic E-state index is 13.1. The van der Waals surface area contributed by atoms with E-state index in [0.29, 0.717) is 19.6 Å². The van der Waals surface area contributed by atoms with Gasteiger partial charge in [0, 0.05) is 31.9 Å². The molecule has 2 N–H and O–H groups in total. The minimum atomic E-state index is -0.00375. The number of carbonyl (C=O) groups is 1. The fourth-order valence-corrected chi connectivity index (χ4v) is 6.42. The van der Waals surface area contributed by atoms with E-state index in [4.69, 9.17) is 0 Å². The molecule has 0 aromatic carbocycles. The molecule has 0 radical (unpaired) electrons. The van der Waals surface area contributed by atoms with E-state index in [9.17, 15) is 15.0 Å². The van der Waals surface area contributed by atoms with Crippen molar-refractivity contribution in [3.63, 3.8) is 0 Å². The molecule has 1 amide bonds. The Labute approximate surface area is 282 Å². The van der Waals surface area contributed by atoms with Gasteiger partial charge in [0.1, 0.15) is 0 Å². The van der Waals surface area contributed by atoms with Gasteiger partial charge >= 0.3 is 0 Å². The number of amides is 1. The topological polar surface area (TPSA) is 64.0 Å². The fraction of sp³-hybridized carbons (Fsp3) is 0.925. The lowest BCUT2D eigenvalue weighted by Gasteiger charge is -2.28. The molecule has 0 fully saturated rings. The molecule has 0 bridgehead atoms. The van der Waals surface area contributed by atoms with Gasteiger partial charge < -0.3 is 20.0 Å². The molecule has 0 aliphatic heterocycles. The van der Waals surface area contributed by atoms with Crippen LogP contribution in [0.2, 0.25) is 0 Å². The van der Waals surface area contributed by atoms with E-state index in [1.54, 1.807) is 0 Å². The summed E-state index contributed by atoms with van der Waals surface area (Å²) in [5.41, 5.74) is 0.799. The Morgan fingerprint density at radius 1 is 0.422 bits per heavy atom. The molecule has 0 aromatic rings. The quantitative estimate of drug-likeness (QED) is 0.0666. The molecule has 5 nitrogen and oxygen atoms in total. The highest BCUT2D eigenvalue weighted by atomic mass is 16.3. The summed E-state index contributed by atoms with van der Waals surface area (Å²) in [5, 5.41) is 19.2. The Bertz CT molecular complexity index is 575. The molecule has 0 aromatic heterocycles. The molecular formula is C40H80N2O3. The van der Waals surface area contributed by atoms with Crippen molar-refractivity contribution in [2.45, 2.75) is 200 Å². The minimum absolute atomic E-state index is 0.00375. The van der Waals surface area contributed by atoms with Crippen LogP contribution in [0.15, 0.2) is 12.3 Å². The number of nitrogens with zero attached hydrogens (tertiary/aromatic N) is 2. The number of rotatable bonds is 37. The average Bonchev–Trinajstić information content (AvgIpc) is 3.03. The van der Waals surface area contributed by atoms with Crippen molar-refractivity contribution in [1.82, 2.24) is 9.80 Å². The highest BCUT2D eigenvalue weighted by Crippen LogP contribution is 2.16. The van der Waals surface area contributed by atoms with Crippen LogP contribution in [-0.4, -0.2) is 65.3 Å². The van der Waals surface area contributed by atoms with Crippen molar-refractivity contribution in [1.29, 1.82) is 0 Å². The highest BCUT2D eigenvalue weighted by molar-refractivity contribution is 5.78. The van der Waals surface area contributed by atoms with Crippen LogP contribution in [0, 0.1) is 0 Å². The lowest BCUT2D eigenvalue weighted by Crippen LogP contribution is -2.37. The van der Waals surface area contributed by atoms with E-state index in [-0.39, 0.29) is 25.5 Å². The molecule has 268 valence electrons. The van der Waals surface area contributed by atoms with Crippen LogP contribution in [0.4, 0.5) is 0 Å².